The van der Waals surface area contributed by atoms with Crippen molar-refractivity contribution in [3.05, 3.63) is 23.7 Å². The molecule has 2 rings (SSSR count). The standard InChI is InChI=1S/C18H32N4O2/c1-6-19-17(20-11-15(22(4)5)14-8-9-14)21-12-18(3,23)16-10-7-13(2)24-16/h7,10,14-15,23H,6,8-9,11-12H2,1-5H3,(H2,19,20,21). The molecule has 0 aliphatic heterocycles. The molecule has 6 heteroatoms. The second-order valence-corrected chi connectivity index (χ2v) is 7.13. The molecule has 2 atom stereocenters. The van der Waals surface area contributed by atoms with Crippen molar-refractivity contribution in [1.82, 2.24) is 15.5 Å². The molecule has 1 aromatic heterocycles. The van der Waals surface area contributed by atoms with Gasteiger partial charge in [-0.2, -0.15) is 0 Å². The molecule has 136 valence electrons. The van der Waals surface area contributed by atoms with E-state index in [1.54, 1.807) is 13.0 Å². The highest BCUT2D eigenvalue weighted by molar-refractivity contribution is 5.79. The minimum absolute atomic E-state index is 0.241. The Balaban J connectivity index is 1.96. The number of hydrogen-bond acceptors (Lipinski definition) is 4. The first kappa shape index (κ1) is 18.8. The van der Waals surface area contributed by atoms with Crippen molar-refractivity contribution < 1.29 is 9.52 Å². The van der Waals surface area contributed by atoms with E-state index in [-0.39, 0.29) is 6.54 Å². The third-order valence-electron chi connectivity index (χ3n) is 4.47. The van der Waals surface area contributed by atoms with Crippen molar-refractivity contribution >= 4 is 5.96 Å². The summed E-state index contributed by atoms with van der Waals surface area (Å²) in [6, 6.07) is 4.18. The Morgan fingerprint density at radius 1 is 1.42 bits per heavy atom. The lowest BCUT2D eigenvalue weighted by molar-refractivity contribution is 0.0428. The van der Waals surface area contributed by atoms with Crippen LogP contribution in [0.5, 0.6) is 0 Å². The first-order chi connectivity index (χ1) is 11.3. The quantitative estimate of drug-likeness (QED) is 0.498. The van der Waals surface area contributed by atoms with Gasteiger partial charge in [-0.1, -0.05) is 0 Å². The molecule has 1 heterocycles. The summed E-state index contributed by atoms with van der Waals surface area (Å²) in [6.45, 7) is 7.51. The number of aryl methyl sites for hydroxylation is 1. The normalized spacial score (nSPS) is 19.2. The lowest BCUT2D eigenvalue weighted by Gasteiger charge is -2.26. The fourth-order valence-corrected chi connectivity index (χ4v) is 2.83. The minimum atomic E-state index is -1.12. The highest BCUT2D eigenvalue weighted by atomic mass is 16.4. The van der Waals surface area contributed by atoms with Crippen LogP contribution in [0.15, 0.2) is 21.5 Å². The van der Waals surface area contributed by atoms with Crippen molar-refractivity contribution in [3.63, 3.8) is 0 Å². The van der Waals surface area contributed by atoms with E-state index >= 15 is 0 Å². The highest BCUT2D eigenvalue weighted by Crippen LogP contribution is 2.34. The Bertz CT molecular complexity index is 545. The predicted molar refractivity (Wildman–Crippen MR) is 97.2 cm³/mol. The van der Waals surface area contributed by atoms with E-state index in [1.807, 2.05) is 19.9 Å². The van der Waals surface area contributed by atoms with Crippen molar-refractivity contribution in [2.24, 2.45) is 10.9 Å². The van der Waals surface area contributed by atoms with Gasteiger partial charge in [0, 0.05) is 19.1 Å². The van der Waals surface area contributed by atoms with Gasteiger partial charge in [-0.25, -0.2) is 4.99 Å². The molecule has 24 heavy (non-hydrogen) atoms. The number of aliphatic hydroxyl groups is 1. The van der Waals surface area contributed by atoms with Crippen LogP contribution in [0.25, 0.3) is 0 Å². The van der Waals surface area contributed by atoms with E-state index in [9.17, 15) is 5.11 Å². The number of nitrogens with one attached hydrogen (secondary N) is 2. The molecule has 1 aliphatic carbocycles. The monoisotopic (exact) mass is 336 g/mol. The van der Waals surface area contributed by atoms with Gasteiger partial charge in [-0.05, 0) is 65.8 Å². The largest absolute Gasteiger partial charge is 0.463 e. The molecule has 6 nitrogen and oxygen atoms in total. The van der Waals surface area contributed by atoms with E-state index < -0.39 is 5.60 Å². The second-order valence-electron chi connectivity index (χ2n) is 7.13. The van der Waals surface area contributed by atoms with Gasteiger partial charge < -0.3 is 25.1 Å². The second kappa shape index (κ2) is 8.03. The number of likely N-dealkylation sites (N-methyl/N-ethyl adjacent to an activating group) is 1. The predicted octanol–water partition coefficient (Wildman–Crippen LogP) is 1.69. The number of aliphatic imine (C=N–C) groups is 1. The van der Waals surface area contributed by atoms with Gasteiger partial charge in [-0.15, -0.1) is 0 Å². The Morgan fingerprint density at radius 2 is 2.12 bits per heavy atom. The maximum atomic E-state index is 10.6. The molecule has 0 saturated heterocycles. The lowest BCUT2D eigenvalue weighted by atomic mass is 10.0. The average molecular weight is 336 g/mol. The molecule has 1 aliphatic rings. The zero-order valence-electron chi connectivity index (χ0n) is 15.6. The van der Waals surface area contributed by atoms with E-state index in [0.29, 0.717) is 11.8 Å². The van der Waals surface area contributed by atoms with Crippen molar-refractivity contribution in [2.75, 3.05) is 33.7 Å². The SMILES string of the molecule is CCNC(=NCC(C)(O)c1ccc(C)o1)NCC(C1CC1)N(C)C. The van der Waals surface area contributed by atoms with Crippen LogP contribution in [0.1, 0.15) is 38.2 Å². The van der Waals surface area contributed by atoms with Gasteiger partial charge in [0.15, 0.2) is 5.96 Å². The summed E-state index contributed by atoms with van der Waals surface area (Å²) in [7, 11) is 4.25. The first-order valence-corrected chi connectivity index (χ1v) is 8.81. The topological polar surface area (TPSA) is 73.0 Å². The van der Waals surface area contributed by atoms with Gasteiger partial charge in [0.05, 0.1) is 6.54 Å². The third-order valence-corrected chi connectivity index (χ3v) is 4.47. The molecule has 1 aromatic rings. The number of furan rings is 1. The van der Waals surface area contributed by atoms with Gasteiger partial charge >= 0.3 is 0 Å². The molecule has 0 spiro atoms. The van der Waals surface area contributed by atoms with E-state index in [2.05, 4.69) is 34.6 Å². The van der Waals surface area contributed by atoms with Crippen LogP contribution in [0.3, 0.4) is 0 Å². The molecule has 0 amide bonds. The van der Waals surface area contributed by atoms with Crippen molar-refractivity contribution in [2.45, 2.75) is 45.3 Å². The van der Waals surface area contributed by atoms with E-state index in [0.717, 1.165) is 30.7 Å². The average Bonchev–Trinajstić information content (AvgIpc) is 3.24. The summed E-state index contributed by atoms with van der Waals surface area (Å²) in [6.07, 6.45) is 2.62. The van der Waals surface area contributed by atoms with Crippen LogP contribution in [0.2, 0.25) is 0 Å². The van der Waals surface area contributed by atoms with Crippen LogP contribution >= 0.6 is 0 Å². The highest BCUT2D eigenvalue weighted by Gasteiger charge is 2.32. The Labute approximate surface area is 145 Å². The fourth-order valence-electron chi connectivity index (χ4n) is 2.83. The van der Waals surface area contributed by atoms with Gasteiger partial charge in [0.2, 0.25) is 0 Å². The lowest BCUT2D eigenvalue weighted by Crippen LogP contribution is -2.46. The summed E-state index contributed by atoms with van der Waals surface area (Å²) in [5, 5.41) is 17.3. The number of nitrogens with zero attached hydrogens (tertiary/aromatic N) is 2. The Kier molecular flexibility index (Phi) is 6.29. The minimum Gasteiger partial charge on any atom is -0.463 e. The maximum Gasteiger partial charge on any atom is 0.191 e. The van der Waals surface area contributed by atoms with Gasteiger partial charge in [-0.3, -0.25) is 0 Å². The zero-order valence-corrected chi connectivity index (χ0v) is 15.6. The molecule has 0 radical (unpaired) electrons. The summed E-state index contributed by atoms with van der Waals surface area (Å²) < 4.78 is 5.54. The van der Waals surface area contributed by atoms with E-state index in [1.165, 1.54) is 12.8 Å². The molecule has 3 N–H and O–H groups in total. The van der Waals surface area contributed by atoms with Crippen LogP contribution in [0, 0.1) is 12.8 Å². The molecular weight excluding hydrogens is 304 g/mol. The molecular formula is C18H32N4O2. The van der Waals surface area contributed by atoms with Crippen molar-refractivity contribution in [3.8, 4) is 0 Å². The third kappa shape index (κ3) is 5.24. The van der Waals surface area contributed by atoms with Crippen LogP contribution in [-0.4, -0.2) is 55.7 Å². The van der Waals surface area contributed by atoms with Crippen LogP contribution < -0.4 is 10.6 Å². The van der Waals surface area contributed by atoms with Gasteiger partial charge in [0.25, 0.3) is 0 Å². The fraction of sp³-hybridized carbons (Fsp3) is 0.722. The number of rotatable bonds is 8. The summed E-state index contributed by atoms with van der Waals surface area (Å²) in [5.74, 6) is 2.85. The number of hydrogen-bond donors (Lipinski definition) is 3. The smallest absolute Gasteiger partial charge is 0.191 e. The van der Waals surface area contributed by atoms with Crippen LogP contribution in [-0.2, 0) is 5.60 Å². The van der Waals surface area contributed by atoms with Crippen molar-refractivity contribution in [1.29, 1.82) is 0 Å². The zero-order chi connectivity index (χ0) is 17.7. The van der Waals surface area contributed by atoms with E-state index in [4.69, 9.17) is 4.42 Å². The summed E-state index contributed by atoms with van der Waals surface area (Å²) in [5.41, 5.74) is -1.12. The molecule has 1 saturated carbocycles. The maximum absolute atomic E-state index is 10.6. The van der Waals surface area contributed by atoms with Gasteiger partial charge in [0.1, 0.15) is 17.1 Å². The Hall–Kier alpha value is -1.53. The molecule has 1 fully saturated rings. The molecule has 0 bridgehead atoms. The Morgan fingerprint density at radius 3 is 2.62 bits per heavy atom. The first-order valence-electron chi connectivity index (χ1n) is 8.81. The van der Waals surface area contributed by atoms with Crippen LogP contribution in [0.4, 0.5) is 0 Å². The number of guanidine groups is 1. The molecule has 2 unspecified atom stereocenters. The summed E-state index contributed by atoms with van der Waals surface area (Å²) in [4.78, 5) is 6.82. The summed E-state index contributed by atoms with van der Waals surface area (Å²) >= 11 is 0. The molecule has 0 aromatic carbocycles.